The van der Waals surface area contributed by atoms with Gasteiger partial charge in [0.05, 0.1) is 17.2 Å². The molecule has 0 saturated heterocycles. The summed E-state index contributed by atoms with van der Waals surface area (Å²) in [5, 5.41) is 5.25. The number of halogens is 1. The molecule has 3 aromatic rings. The Bertz CT molecular complexity index is 1090. The number of nitrogens with one attached hydrogen (secondary N) is 2. The van der Waals surface area contributed by atoms with E-state index >= 15 is 0 Å². The van der Waals surface area contributed by atoms with Crippen molar-refractivity contribution in [1.29, 1.82) is 0 Å². The maximum atomic E-state index is 13.5. The predicted octanol–water partition coefficient (Wildman–Crippen LogP) is 1.39. The van der Waals surface area contributed by atoms with Crippen molar-refractivity contribution in [2.24, 2.45) is 0 Å². The molecule has 2 N–H and O–H groups in total. The van der Waals surface area contributed by atoms with E-state index in [1.807, 2.05) is 0 Å². The van der Waals surface area contributed by atoms with E-state index < -0.39 is 11.7 Å². The quantitative estimate of drug-likeness (QED) is 0.630. The van der Waals surface area contributed by atoms with Crippen LogP contribution in [0.4, 0.5) is 4.39 Å². The second-order valence-corrected chi connectivity index (χ2v) is 6.24. The fourth-order valence-corrected chi connectivity index (χ4v) is 2.69. The Hall–Kier alpha value is -3.55. The largest absolute Gasteiger partial charge is 0.353 e. The van der Waals surface area contributed by atoms with Crippen LogP contribution < -0.4 is 16.2 Å². The molecule has 28 heavy (non-hydrogen) atoms. The number of hydrogen-bond donors (Lipinski definition) is 2. The molecular weight excluding hydrogens is 363 g/mol. The summed E-state index contributed by atoms with van der Waals surface area (Å²) in [5.74, 6) is -1.24. The Balaban J connectivity index is 1.53. The Labute approximate surface area is 160 Å². The minimum atomic E-state index is -0.448. The van der Waals surface area contributed by atoms with E-state index in [1.165, 1.54) is 29.0 Å². The molecule has 0 aliphatic carbocycles. The Morgan fingerprint density at radius 2 is 1.86 bits per heavy atom. The van der Waals surface area contributed by atoms with Gasteiger partial charge in [-0.1, -0.05) is 18.2 Å². The normalized spacial score (nSPS) is 10.6. The number of fused-ring (bicyclic) bond motifs is 1. The molecule has 0 spiro atoms. The summed E-state index contributed by atoms with van der Waals surface area (Å²) in [4.78, 5) is 40.2. The highest BCUT2D eigenvalue weighted by atomic mass is 19.1. The number of carbonyl (C=O) groups excluding carboxylic acids is 2. The molecule has 0 aliphatic heterocycles. The molecule has 1 aromatic heterocycles. The molecule has 0 atom stereocenters. The molecule has 0 radical (unpaired) electrons. The first-order chi connectivity index (χ1) is 13.5. The lowest BCUT2D eigenvalue weighted by Gasteiger charge is -2.10. The van der Waals surface area contributed by atoms with Crippen LogP contribution in [-0.2, 0) is 11.3 Å². The zero-order chi connectivity index (χ0) is 20.1. The number of aryl methyl sites for hydroxylation is 1. The summed E-state index contributed by atoms with van der Waals surface area (Å²) in [6.45, 7) is 1.81. The van der Waals surface area contributed by atoms with Gasteiger partial charge in [0.1, 0.15) is 12.4 Å². The first kappa shape index (κ1) is 19.2. The van der Waals surface area contributed by atoms with Crippen LogP contribution in [-0.4, -0.2) is 34.5 Å². The van der Waals surface area contributed by atoms with Crippen LogP contribution in [0.5, 0.6) is 0 Å². The topological polar surface area (TPSA) is 93.1 Å². The summed E-state index contributed by atoms with van der Waals surface area (Å²) in [7, 11) is 0. The Kier molecular flexibility index (Phi) is 5.78. The number of carbonyl (C=O) groups is 2. The van der Waals surface area contributed by atoms with Crippen LogP contribution >= 0.6 is 0 Å². The average molecular weight is 382 g/mol. The van der Waals surface area contributed by atoms with E-state index in [0.717, 1.165) is 0 Å². The van der Waals surface area contributed by atoms with Crippen LogP contribution in [0.25, 0.3) is 11.0 Å². The number of aromatic nitrogens is 2. The van der Waals surface area contributed by atoms with Gasteiger partial charge in [-0.25, -0.2) is 9.37 Å². The molecule has 0 aliphatic rings. The van der Waals surface area contributed by atoms with Gasteiger partial charge in [-0.05, 0) is 36.8 Å². The van der Waals surface area contributed by atoms with E-state index in [-0.39, 0.29) is 36.7 Å². The van der Waals surface area contributed by atoms with Gasteiger partial charge >= 0.3 is 0 Å². The molecule has 1 heterocycles. The fourth-order valence-electron chi connectivity index (χ4n) is 2.69. The van der Waals surface area contributed by atoms with Gasteiger partial charge in [0, 0.05) is 18.7 Å². The summed E-state index contributed by atoms with van der Waals surface area (Å²) in [5.41, 5.74) is 1.49. The average Bonchev–Trinajstić information content (AvgIpc) is 2.69. The summed E-state index contributed by atoms with van der Waals surface area (Å²) < 4.78 is 14.9. The number of benzene rings is 2. The van der Waals surface area contributed by atoms with Crippen molar-refractivity contribution in [3.63, 3.8) is 0 Å². The first-order valence-electron chi connectivity index (χ1n) is 8.71. The van der Waals surface area contributed by atoms with Crippen molar-refractivity contribution in [3.05, 3.63) is 76.0 Å². The van der Waals surface area contributed by atoms with Gasteiger partial charge in [-0.2, -0.15) is 0 Å². The maximum absolute atomic E-state index is 13.5. The van der Waals surface area contributed by atoms with E-state index in [2.05, 4.69) is 15.6 Å². The third-order valence-electron chi connectivity index (χ3n) is 4.22. The molecule has 3 rings (SSSR count). The van der Waals surface area contributed by atoms with Crippen LogP contribution in [0.1, 0.15) is 15.9 Å². The van der Waals surface area contributed by atoms with Crippen molar-refractivity contribution in [1.82, 2.24) is 20.2 Å². The highest BCUT2D eigenvalue weighted by molar-refractivity contribution is 5.94. The fraction of sp³-hybridized carbons (Fsp3) is 0.200. The number of nitrogens with zero attached hydrogens (tertiary/aromatic N) is 2. The first-order valence-corrected chi connectivity index (χ1v) is 8.71. The lowest BCUT2D eigenvalue weighted by molar-refractivity contribution is -0.121. The molecule has 7 nitrogen and oxygen atoms in total. The number of hydrogen-bond acceptors (Lipinski definition) is 4. The summed E-state index contributed by atoms with van der Waals surface area (Å²) >= 11 is 0. The number of amides is 2. The zero-order valence-electron chi connectivity index (χ0n) is 15.2. The highest BCUT2D eigenvalue weighted by Gasteiger charge is 2.10. The minimum Gasteiger partial charge on any atom is -0.353 e. The van der Waals surface area contributed by atoms with Crippen molar-refractivity contribution in [2.45, 2.75) is 13.5 Å². The van der Waals surface area contributed by atoms with Gasteiger partial charge in [0.15, 0.2) is 0 Å². The Morgan fingerprint density at radius 3 is 2.64 bits per heavy atom. The van der Waals surface area contributed by atoms with Crippen molar-refractivity contribution in [2.75, 3.05) is 13.1 Å². The van der Waals surface area contributed by atoms with Crippen LogP contribution in [0, 0.1) is 12.7 Å². The maximum Gasteiger partial charge on any atom is 0.269 e. The van der Waals surface area contributed by atoms with Gasteiger partial charge in [-0.15, -0.1) is 0 Å². The zero-order valence-corrected chi connectivity index (χ0v) is 15.2. The summed E-state index contributed by atoms with van der Waals surface area (Å²) in [6, 6.07) is 11.3. The standard InChI is InChI=1S/C20H19FN4O3/c1-13-6-7-14(10-15(13)21)20(28)23-9-8-22-18(26)12-25-17-5-3-2-4-16(17)24-11-19(25)27/h2-7,10-11H,8-9,12H2,1H3,(H,22,26)(H,23,28). The third kappa shape index (κ3) is 4.40. The van der Waals surface area contributed by atoms with E-state index in [0.29, 0.717) is 16.6 Å². The van der Waals surface area contributed by atoms with E-state index in [1.54, 1.807) is 31.2 Å². The Morgan fingerprint density at radius 1 is 1.11 bits per heavy atom. The van der Waals surface area contributed by atoms with Gasteiger partial charge in [0.25, 0.3) is 11.5 Å². The van der Waals surface area contributed by atoms with Crippen molar-refractivity contribution in [3.8, 4) is 0 Å². The summed E-state index contributed by atoms with van der Waals surface area (Å²) in [6.07, 6.45) is 1.18. The molecule has 144 valence electrons. The molecule has 0 saturated carbocycles. The molecule has 0 fully saturated rings. The van der Waals surface area contributed by atoms with E-state index in [4.69, 9.17) is 0 Å². The highest BCUT2D eigenvalue weighted by Crippen LogP contribution is 2.09. The van der Waals surface area contributed by atoms with Crippen molar-refractivity contribution >= 4 is 22.8 Å². The van der Waals surface area contributed by atoms with Crippen LogP contribution in [0.15, 0.2) is 53.5 Å². The lowest BCUT2D eigenvalue weighted by atomic mass is 10.1. The van der Waals surface area contributed by atoms with Gasteiger partial charge in [-0.3, -0.25) is 19.0 Å². The van der Waals surface area contributed by atoms with Crippen molar-refractivity contribution < 1.29 is 14.0 Å². The molecule has 0 unspecified atom stereocenters. The second kappa shape index (κ2) is 8.43. The number of rotatable bonds is 6. The van der Waals surface area contributed by atoms with E-state index in [9.17, 15) is 18.8 Å². The van der Waals surface area contributed by atoms with Gasteiger partial charge < -0.3 is 10.6 Å². The van der Waals surface area contributed by atoms with Crippen LogP contribution in [0.3, 0.4) is 0 Å². The SMILES string of the molecule is Cc1ccc(C(=O)NCCNC(=O)Cn2c(=O)cnc3ccccc32)cc1F. The molecule has 2 amide bonds. The lowest BCUT2D eigenvalue weighted by Crippen LogP contribution is -2.37. The smallest absolute Gasteiger partial charge is 0.269 e. The molecular formula is C20H19FN4O3. The third-order valence-corrected chi connectivity index (χ3v) is 4.22. The monoisotopic (exact) mass is 382 g/mol. The predicted molar refractivity (Wildman–Crippen MR) is 102 cm³/mol. The number of para-hydroxylation sites is 2. The molecule has 2 aromatic carbocycles. The van der Waals surface area contributed by atoms with Gasteiger partial charge in [0.2, 0.25) is 5.91 Å². The molecule has 0 bridgehead atoms. The minimum absolute atomic E-state index is 0.154. The second-order valence-electron chi connectivity index (χ2n) is 6.24. The molecule has 8 heteroatoms. The van der Waals surface area contributed by atoms with Crippen LogP contribution in [0.2, 0.25) is 0 Å².